The Kier molecular flexibility index (Phi) is 3.60. The summed E-state index contributed by atoms with van der Waals surface area (Å²) < 4.78 is 0. The maximum Gasteiger partial charge on any atom is 0.0895 e. The van der Waals surface area contributed by atoms with Crippen molar-refractivity contribution >= 4 is 12.0 Å². The monoisotopic (exact) mass is 243 g/mol. The van der Waals surface area contributed by atoms with Crippen molar-refractivity contribution in [2.24, 2.45) is 4.99 Å². The predicted octanol–water partition coefficient (Wildman–Crippen LogP) is 2.22. The molecular formula is C15H21N3. The van der Waals surface area contributed by atoms with Gasteiger partial charge in [0.15, 0.2) is 0 Å². The van der Waals surface area contributed by atoms with Crippen LogP contribution in [-0.2, 0) is 6.42 Å². The third-order valence-electron chi connectivity index (χ3n) is 3.83. The number of anilines is 1. The molecule has 1 aromatic carbocycles. The topological polar surface area (TPSA) is 27.6 Å². The van der Waals surface area contributed by atoms with Crippen LogP contribution >= 0.6 is 0 Å². The summed E-state index contributed by atoms with van der Waals surface area (Å²) in [4.78, 5) is 6.51. The number of benzene rings is 1. The van der Waals surface area contributed by atoms with Gasteiger partial charge in [0.25, 0.3) is 0 Å². The number of rotatable bonds is 3. The first-order chi connectivity index (χ1) is 8.92. The molecule has 2 aliphatic rings. The molecule has 1 aromatic rings. The van der Waals surface area contributed by atoms with Gasteiger partial charge in [-0.25, -0.2) is 0 Å². The quantitative estimate of drug-likeness (QED) is 0.881. The van der Waals surface area contributed by atoms with Crippen molar-refractivity contribution in [3.05, 3.63) is 29.8 Å². The zero-order chi connectivity index (χ0) is 12.2. The number of nitrogens with one attached hydrogen (secondary N) is 1. The lowest BCUT2D eigenvalue weighted by molar-refractivity contribution is 0.399. The van der Waals surface area contributed by atoms with Crippen LogP contribution in [0, 0.1) is 0 Å². The van der Waals surface area contributed by atoms with Gasteiger partial charge in [-0.2, -0.15) is 0 Å². The Morgan fingerprint density at radius 3 is 3.11 bits per heavy atom. The Labute approximate surface area is 109 Å². The second-order valence-electron chi connectivity index (χ2n) is 5.24. The fraction of sp³-hybridized carbons (Fsp3) is 0.533. The van der Waals surface area contributed by atoms with E-state index < -0.39 is 0 Å². The lowest BCUT2D eigenvalue weighted by Gasteiger charge is -2.24. The van der Waals surface area contributed by atoms with E-state index in [1.54, 1.807) is 0 Å². The first-order valence-corrected chi connectivity index (χ1v) is 7.01. The summed E-state index contributed by atoms with van der Waals surface area (Å²) >= 11 is 0. The minimum absolute atomic E-state index is 0.668. The summed E-state index contributed by atoms with van der Waals surface area (Å²) in [5, 5.41) is 3.62. The zero-order valence-electron chi connectivity index (χ0n) is 10.8. The molecule has 3 nitrogen and oxygen atoms in total. The Hall–Kier alpha value is -1.35. The van der Waals surface area contributed by atoms with E-state index >= 15 is 0 Å². The van der Waals surface area contributed by atoms with Crippen LogP contribution < -0.4 is 10.2 Å². The molecule has 96 valence electrons. The number of hydrogen-bond donors (Lipinski definition) is 1. The summed E-state index contributed by atoms with van der Waals surface area (Å²) in [5.41, 5.74) is 2.72. The predicted molar refractivity (Wildman–Crippen MR) is 76.5 cm³/mol. The molecule has 3 heteroatoms. The normalized spacial score (nSPS) is 23.6. The van der Waals surface area contributed by atoms with Crippen molar-refractivity contribution in [1.82, 2.24) is 5.32 Å². The lowest BCUT2D eigenvalue weighted by atomic mass is 9.97. The molecule has 18 heavy (non-hydrogen) atoms. The SMILES string of the molecule is C1=NCCN1c1cccc(CC2CCCCN2)c1. The third-order valence-corrected chi connectivity index (χ3v) is 3.83. The van der Waals surface area contributed by atoms with Crippen LogP contribution in [0.15, 0.2) is 29.3 Å². The molecule has 0 amide bonds. The van der Waals surface area contributed by atoms with Crippen molar-refractivity contribution in [3.63, 3.8) is 0 Å². The van der Waals surface area contributed by atoms with Gasteiger partial charge in [-0.15, -0.1) is 0 Å². The third kappa shape index (κ3) is 2.72. The van der Waals surface area contributed by atoms with Crippen molar-refractivity contribution < 1.29 is 0 Å². The summed E-state index contributed by atoms with van der Waals surface area (Å²) in [6.45, 7) is 3.13. The Morgan fingerprint density at radius 1 is 1.33 bits per heavy atom. The lowest BCUT2D eigenvalue weighted by Crippen LogP contribution is -2.35. The largest absolute Gasteiger partial charge is 0.331 e. The van der Waals surface area contributed by atoms with Crippen LogP contribution in [0.5, 0.6) is 0 Å². The van der Waals surface area contributed by atoms with E-state index in [0.29, 0.717) is 6.04 Å². The second-order valence-corrected chi connectivity index (χ2v) is 5.24. The van der Waals surface area contributed by atoms with E-state index in [1.807, 2.05) is 6.34 Å². The average Bonchev–Trinajstić information content (AvgIpc) is 2.94. The molecule has 0 bridgehead atoms. The van der Waals surface area contributed by atoms with Gasteiger partial charge in [0.05, 0.1) is 12.9 Å². The van der Waals surface area contributed by atoms with Crippen molar-refractivity contribution in [2.75, 3.05) is 24.5 Å². The van der Waals surface area contributed by atoms with Crippen LogP contribution in [0.2, 0.25) is 0 Å². The zero-order valence-corrected chi connectivity index (χ0v) is 10.8. The Bertz CT molecular complexity index is 422. The molecule has 0 aromatic heterocycles. The molecule has 3 rings (SSSR count). The Balaban J connectivity index is 1.68. The second kappa shape index (κ2) is 5.53. The molecular weight excluding hydrogens is 222 g/mol. The number of hydrogen-bond acceptors (Lipinski definition) is 3. The first-order valence-electron chi connectivity index (χ1n) is 7.01. The number of nitrogens with zero attached hydrogens (tertiary/aromatic N) is 2. The first kappa shape index (κ1) is 11.7. The molecule has 0 radical (unpaired) electrons. The maximum absolute atomic E-state index is 4.28. The molecule has 0 saturated carbocycles. The van der Waals surface area contributed by atoms with Gasteiger partial charge < -0.3 is 10.2 Å². The highest BCUT2D eigenvalue weighted by molar-refractivity contribution is 5.81. The van der Waals surface area contributed by atoms with Gasteiger partial charge in [0.1, 0.15) is 0 Å². The Morgan fingerprint density at radius 2 is 2.33 bits per heavy atom. The molecule has 0 aliphatic carbocycles. The van der Waals surface area contributed by atoms with Crippen molar-refractivity contribution in [2.45, 2.75) is 31.7 Å². The smallest absolute Gasteiger partial charge is 0.0895 e. The summed E-state index contributed by atoms with van der Waals surface area (Å²) in [5.74, 6) is 0. The fourth-order valence-corrected chi connectivity index (χ4v) is 2.82. The van der Waals surface area contributed by atoms with Crippen molar-refractivity contribution in [1.29, 1.82) is 0 Å². The van der Waals surface area contributed by atoms with Gasteiger partial charge in [0, 0.05) is 18.3 Å². The summed E-state index contributed by atoms with van der Waals surface area (Å²) in [6.07, 6.45) is 7.13. The highest BCUT2D eigenvalue weighted by atomic mass is 15.2. The van der Waals surface area contributed by atoms with Gasteiger partial charge >= 0.3 is 0 Å². The van der Waals surface area contributed by atoms with E-state index in [9.17, 15) is 0 Å². The molecule has 1 saturated heterocycles. The molecule has 1 unspecified atom stereocenters. The minimum atomic E-state index is 0.668. The number of piperidine rings is 1. The average molecular weight is 243 g/mol. The molecule has 1 fully saturated rings. The van der Waals surface area contributed by atoms with Crippen LogP contribution in [0.25, 0.3) is 0 Å². The van der Waals surface area contributed by atoms with Crippen LogP contribution in [0.4, 0.5) is 5.69 Å². The molecule has 1 N–H and O–H groups in total. The van der Waals surface area contributed by atoms with E-state index in [1.165, 1.54) is 37.1 Å². The summed E-state index contributed by atoms with van der Waals surface area (Å²) in [6, 6.07) is 9.57. The van der Waals surface area contributed by atoms with E-state index in [0.717, 1.165) is 19.5 Å². The summed E-state index contributed by atoms with van der Waals surface area (Å²) in [7, 11) is 0. The molecule has 1 atom stereocenters. The van der Waals surface area contributed by atoms with E-state index in [-0.39, 0.29) is 0 Å². The molecule has 2 aliphatic heterocycles. The highest BCUT2D eigenvalue weighted by Crippen LogP contribution is 2.19. The van der Waals surface area contributed by atoms with Gasteiger partial charge in [-0.05, 0) is 43.5 Å². The van der Waals surface area contributed by atoms with E-state index in [4.69, 9.17) is 0 Å². The van der Waals surface area contributed by atoms with E-state index in [2.05, 4.69) is 39.5 Å². The van der Waals surface area contributed by atoms with Gasteiger partial charge in [-0.1, -0.05) is 18.6 Å². The molecule has 0 spiro atoms. The van der Waals surface area contributed by atoms with Crippen molar-refractivity contribution in [3.8, 4) is 0 Å². The fourth-order valence-electron chi connectivity index (χ4n) is 2.82. The highest BCUT2D eigenvalue weighted by Gasteiger charge is 2.14. The maximum atomic E-state index is 4.28. The van der Waals surface area contributed by atoms with Crippen LogP contribution in [0.1, 0.15) is 24.8 Å². The van der Waals surface area contributed by atoms with Crippen LogP contribution in [-0.4, -0.2) is 32.0 Å². The molecule has 2 heterocycles. The van der Waals surface area contributed by atoms with Crippen LogP contribution in [0.3, 0.4) is 0 Å². The standard InChI is InChI=1S/C15H21N3/c1-2-7-17-14(5-1)10-13-4-3-6-15(11-13)18-9-8-16-12-18/h3-4,6,11-12,14,17H,1-2,5,7-10H2. The van der Waals surface area contributed by atoms with Gasteiger partial charge in [0.2, 0.25) is 0 Å². The number of aliphatic imine (C=N–C) groups is 1. The minimum Gasteiger partial charge on any atom is -0.331 e. The van der Waals surface area contributed by atoms with Gasteiger partial charge in [-0.3, -0.25) is 4.99 Å².